The Hall–Kier alpha value is -2.76. The van der Waals surface area contributed by atoms with Crippen molar-refractivity contribution in [1.82, 2.24) is 15.2 Å². The highest BCUT2D eigenvalue weighted by Gasteiger charge is 2.12. The molecule has 22 heavy (non-hydrogen) atoms. The van der Waals surface area contributed by atoms with Crippen LogP contribution >= 0.6 is 0 Å². The molecular formula is C16H16N4O2. The van der Waals surface area contributed by atoms with Gasteiger partial charge in [-0.1, -0.05) is 0 Å². The summed E-state index contributed by atoms with van der Waals surface area (Å²) in [4.78, 5) is 4.40. The Balaban J connectivity index is 1.54. The van der Waals surface area contributed by atoms with Gasteiger partial charge in [-0.05, 0) is 24.6 Å². The van der Waals surface area contributed by atoms with E-state index in [0.29, 0.717) is 25.5 Å². The summed E-state index contributed by atoms with van der Waals surface area (Å²) in [6, 6.07) is 6.10. The van der Waals surface area contributed by atoms with E-state index >= 15 is 0 Å². The molecule has 0 atom stereocenters. The number of nitrogens with one attached hydrogen (secondary N) is 2. The maximum Gasteiger partial charge on any atom is 0.179 e. The van der Waals surface area contributed by atoms with Crippen LogP contribution in [-0.4, -0.2) is 28.4 Å². The minimum absolute atomic E-state index is 0.580. The fourth-order valence-electron chi connectivity index (χ4n) is 2.56. The lowest BCUT2D eigenvalue weighted by molar-refractivity contribution is 0.170. The molecule has 2 aromatic heterocycles. The molecule has 6 nitrogen and oxygen atoms in total. The molecule has 4 rings (SSSR count). The first-order valence-electron chi connectivity index (χ1n) is 7.22. The Bertz CT molecular complexity index is 828. The molecule has 0 unspecified atom stereocenters. The van der Waals surface area contributed by atoms with E-state index in [0.717, 1.165) is 33.6 Å². The summed E-state index contributed by atoms with van der Waals surface area (Å²) in [5.74, 6) is 1.48. The number of nitrogens with zero attached hydrogens (tertiary/aromatic N) is 2. The number of rotatable bonds is 3. The summed E-state index contributed by atoms with van der Waals surface area (Å²) >= 11 is 0. The monoisotopic (exact) mass is 296 g/mol. The van der Waals surface area contributed by atoms with Crippen molar-refractivity contribution in [2.45, 2.75) is 13.5 Å². The van der Waals surface area contributed by atoms with Crippen molar-refractivity contribution in [2.24, 2.45) is 0 Å². The standard InChI is InChI=1S/C16H16N4O2/c1-10-4-14-11(7-19-20-14)5-13(10)18-8-12-6-15-16(9-17-12)22-3-2-21-15/h4-7,9,18H,2-3,8H2,1H3,(H,19,20). The second-order valence-corrected chi connectivity index (χ2v) is 5.30. The third-order valence-electron chi connectivity index (χ3n) is 3.73. The predicted molar refractivity (Wildman–Crippen MR) is 83.4 cm³/mol. The van der Waals surface area contributed by atoms with Gasteiger partial charge in [0, 0.05) is 17.1 Å². The molecule has 6 heteroatoms. The van der Waals surface area contributed by atoms with Crippen molar-refractivity contribution < 1.29 is 9.47 Å². The molecule has 0 fully saturated rings. The van der Waals surface area contributed by atoms with Crippen molar-refractivity contribution in [3.8, 4) is 11.5 Å². The van der Waals surface area contributed by atoms with Crippen LogP contribution in [0.3, 0.4) is 0 Å². The minimum atomic E-state index is 0.580. The molecule has 112 valence electrons. The Morgan fingerprint density at radius 1 is 1.14 bits per heavy atom. The van der Waals surface area contributed by atoms with E-state index in [9.17, 15) is 0 Å². The zero-order valence-corrected chi connectivity index (χ0v) is 12.2. The number of pyridine rings is 1. The van der Waals surface area contributed by atoms with E-state index in [4.69, 9.17) is 9.47 Å². The average molecular weight is 296 g/mol. The van der Waals surface area contributed by atoms with E-state index < -0.39 is 0 Å². The average Bonchev–Trinajstić information content (AvgIpc) is 2.99. The van der Waals surface area contributed by atoms with Gasteiger partial charge >= 0.3 is 0 Å². The number of hydrogen-bond donors (Lipinski definition) is 2. The zero-order valence-electron chi connectivity index (χ0n) is 12.2. The van der Waals surface area contributed by atoms with E-state index in [2.05, 4.69) is 39.6 Å². The lowest BCUT2D eigenvalue weighted by Crippen LogP contribution is -2.16. The highest BCUT2D eigenvalue weighted by molar-refractivity contribution is 5.83. The quantitative estimate of drug-likeness (QED) is 0.777. The maximum absolute atomic E-state index is 5.58. The summed E-state index contributed by atoms with van der Waals surface area (Å²) in [5, 5.41) is 11.5. The highest BCUT2D eigenvalue weighted by Crippen LogP contribution is 2.29. The summed E-state index contributed by atoms with van der Waals surface area (Å²) < 4.78 is 11.1. The van der Waals surface area contributed by atoms with Crippen LogP contribution in [0.4, 0.5) is 5.69 Å². The van der Waals surface area contributed by atoms with E-state index in [1.807, 2.05) is 12.3 Å². The van der Waals surface area contributed by atoms with Crippen LogP contribution in [0.25, 0.3) is 10.9 Å². The number of aromatic amines is 1. The van der Waals surface area contributed by atoms with Gasteiger partial charge < -0.3 is 14.8 Å². The Morgan fingerprint density at radius 2 is 2.00 bits per heavy atom. The smallest absolute Gasteiger partial charge is 0.179 e. The molecule has 0 saturated heterocycles. The van der Waals surface area contributed by atoms with Gasteiger partial charge in [-0.2, -0.15) is 5.10 Å². The van der Waals surface area contributed by atoms with Crippen LogP contribution < -0.4 is 14.8 Å². The topological polar surface area (TPSA) is 72.1 Å². The minimum Gasteiger partial charge on any atom is -0.486 e. The van der Waals surface area contributed by atoms with Gasteiger partial charge in [-0.15, -0.1) is 0 Å². The van der Waals surface area contributed by atoms with Crippen LogP contribution in [0.2, 0.25) is 0 Å². The molecule has 0 spiro atoms. The largest absolute Gasteiger partial charge is 0.486 e. The van der Waals surface area contributed by atoms with Crippen molar-refractivity contribution in [3.05, 3.63) is 41.9 Å². The second kappa shape index (κ2) is 5.22. The third kappa shape index (κ3) is 2.32. The van der Waals surface area contributed by atoms with Crippen molar-refractivity contribution in [1.29, 1.82) is 0 Å². The molecule has 0 amide bonds. The summed E-state index contributed by atoms with van der Waals surface area (Å²) in [7, 11) is 0. The summed E-state index contributed by atoms with van der Waals surface area (Å²) in [6.45, 7) is 3.86. The first-order chi connectivity index (χ1) is 10.8. The number of aryl methyl sites for hydroxylation is 1. The fraction of sp³-hybridized carbons (Fsp3) is 0.250. The molecule has 0 bridgehead atoms. The molecule has 1 aliphatic heterocycles. The van der Waals surface area contributed by atoms with Crippen LogP contribution in [0.1, 0.15) is 11.3 Å². The lowest BCUT2D eigenvalue weighted by atomic mass is 10.1. The number of aromatic nitrogens is 3. The Kier molecular flexibility index (Phi) is 3.07. The van der Waals surface area contributed by atoms with Gasteiger partial charge in [-0.25, -0.2) is 0 Å². The van der Waals surface area contributed by atoms with Gasteiger partial charge in [0.15, 0.2) is 11.5 Å². The van der Waals surface area contributed by atoms with Crippen LogP contribution in [-0.2, 0) is 6.54 Å². The van der Waals surface area contributed by atoms with Gasteiger partial charge in [0.2, 0.25) is 0 Å². The second-order valence-electron chi connectivity index (χ2n) is 5.30. The van der Waals surface area contributed by atoms with Gasteiger partial charge in [0.25, 0.3) is 0 Å². The molecule has 0 radical (unpaired) electrons. The van der Waals surface area contributed by atoms with Gasteiger partial charge in [0.05, 0.1) is 30.1 Å². The molecule has 1 aromatic carbocycles. The lowest BCUT2D eigenvalue weighted by Gasteiger charge is -2.18. The normalized spacial score (nSPS) is 13.3. The van der Waals surface area contributed by atoms with E-state index in [1.165, 1.54) is 0 Å². The molecule has 3 heterocycles. The SMILES string of the molecule is Cc1cc2[nH]ncc2cc1NCc1cc2c(cn1)OCCO2. The number of H-pyrrole nitrogens is 1. The van der Waals surface area contributed by atoms with Crippen molar-refractivity contribution in [3.63, 3.8) is 0 Å². The maximum atomic E-state index is 5.58. The van der Waals surface area contributed by atoms with E-state index in [1.54, 1.807) is 6.20 Å². The summed E-state index contributed by atoms with van der Waals surface area (Å²) in [5.41, 5.74) is 4.19. The fourth-order valence-corrected chi connectivity index (χ4v) is 2.56. The molecule has 0 aliphatic carbocycles. The number of hydrogen-bond acceptors (Lipinski definition) is 5. The number of ether oxygens (including phenoxy) is 2. The number of fused-ring (bicyclic) bond motifs is 2. The molecular weight excluding hydrogens is 280 g/mol. The van der Waals surface area contributed by atoms with Crippen LogP contribution in [0.15, 0.2) is 30.6 Å². The molecule has 2 N–H and O–H groups in total. The predicted octanol–water partition coefficient (Wildman–Crippen LogP) is 2.65. The third-order valence-corrected chi connectivity index (χ3v) is 3.73. The molecule has 3 aromatic rings. The Morgan fingerprint density at radius 3 is 2.91 bits per heavy atom. The first-order valence-corrected chi connectivity index (χ1v) is 7.22. The van der Waals surface area contributed by atoms with E-state index in [-0.39, 0.29) is 0 Å². The van der Waals surface area contributed by atoms with Crippen LogP contribution in [0.5, 0.6) is 11.5 Å². The molecule has 0 saturated carbocycles. The van der Waals surface area contributed by atoms with Crippen LogP contribution in [0, 0.1) is 6.92 Å². The highest BCUT2D eigenvalue weighted by atomic mass is 16.6. The zero-order chi connectivity index (χ0) is 14.9. The number of benzene rings is 1. The summed E-state index contributed by atoms with van der Waals surface area (Å²) in [6.07, 6.45) is 3.54. The molecule has 1 aliphatic rings. The Labute approximate surface area is 127 Å². The van der Waals surface area contributed by atoms with Crippen molar-refractivity contribution >= 4 is 16.6 Å². The van der Waals surface area contributed by atoms with Crippen molar-refractivity contribution in [2.75, 3.05) is 18.5 Å². The van der Waals surface area contributed by atoms with Gasteiger partial charge in [-0.3, -0.25) is 10.1 Å². The number of anilines is 1. The first kappa shape index (κ1) is 12.9. The van der Waals surface area contributed by atoms with Gasteiger partial charge in [0.1, 0.15) is 13.2 Å².